The summed E-state index contributed by atoms with van der Waals surface area (Å²) in [5, 5.41) is 11.4. The standard InChI is InChI=1S/C31H25FN2O5S/c1-17-8-4-5-9-21(17)16-39-22-14-12-20(13-15-22)27(36)25-26(23-10-6-7-11-24(23)32)34(30(38)28(25)37)31-33-18(2)29(40-31)19(3)35/h4-15,26,36H,16H2,1-3H3. The van der Waals surface area contributed by atoms with Crippen LogP contribution in [0.4, 0.5) is 9.52 Å². The molecular formula is C31H25FN2O5S. The highest BCUT2D eigenvalue weighted by molar-refractivity contribution is 7.18. The van der Waals surface area contributed by atoms with E-state index in [1.807, 2.05) is 31.2 Å². The first-order chi connectivity index (χ1) is 19.2. The Hall–Kier alpha value is -4.63. The summed E-state index contributed by atoms with van der Waals surface area (Å²) >= 11 is 0.940. The molecule has 1 aromatic heterocycles. The zero-order chi connectivity index (χ0) is 28.6. The van der Waals surface area contributed by atoms with Crippen LogP contribution in [-0.4, -0.2) is 27.6 Å². The van der Waals surface area contributed by atoms with Gasteiger partial charge in [0, 0.05) is 18.1 Å². The monoisotopic (exact) mass is 556 g/mol. The maximum absolute atomic E-state index is 15.1. The maximum Gasteiger partial charge on any atom is 0.301 e. The maximum atomic E-state index is 15.1. The van der Waals surface area contributed by atoms with Gasteiger partial charge in [-0.15, -0.1) is 0 Å². The Morgan fingerprint density at radius 3 is 2.35 bits per heavy atom. The van der Waals surface area contributed by atoms with E-state index in [9.17, 15) is 19.5 Å². The third kappa shape index (κ3) is 4.91. The summed E-state index contributed by atoms with van der Waals surface area (Å²) in [6.45, 7) is 5.34. The van der Waals surface area contributed by atoms with E-state index in [1.54, 1.807) is 37.3 Å². The van der Waals surface area contributed by atoms with Crippen molar-refractivity contribution >= 4 is 39.7 Å². The molecule has 0 radical (unpaired) electrons. The topological polar surface area (TPSA) is 96.8 Å². The Balaban J connectivity index is 1.55. The first-order valence-electron chi connectivity index (χ1n) is 12.5. The number of carbonyl (C=O) groups excluding carboxylic acids is 3. The largest absolute Gasteiger partial charge is 0.507 e. The molecule has 1 aliphatic heterocycles. The fourth-order valence-electron chi connectivity index (χ4n) is 4.63. The number of hydrogen-bond donors (Lipinski definition) is 1. The molecule has 40 heavy (non-hydrogen) atoms. The molecule has 4 aromatic rings. The summed E-state index contributed by atoms with van der Waals surface area (Å²) in [5.74, 6) is -2.78. The molecule has 0 aliphatic carbocycles. The predicted molar refractivity (Wildman–Crippen MR) is 150 cm³/mol. The van der Waals surface area contributed by atoms with E-state index in [0.29, 0.717) is 22.9 Å². The number of ether oxygens (including phenoxy) is 1. The molecule has 2 heterocycles. The van der Waals surface area contributed by atoms with Gasteiger partial charge in [0.05, 0.1) is 16.1 Å². The van der Waals surface area contributed by atoms with Crippen molar-refractivity contribution in [1.82, 2.24) is 4.98 Å². The number of nitrogens with zero attached hydrogens (tertiary/aromatic N) is 2. The number of ketones is 2. The van der Waals surface area contributed by atoms with Crippen molar-refractivity contribution in [2.75, 3.05) is 4.90 Å². The number of aromatic nitrogens is 1. The van der Waals surface area contributed by atoms with Crippen molar-refractivity contribution in [3.8, 4) is 5.75 Å². The van der Waals surface area contributed by atoms with Crippen LogP contribution in [0.15, 0.2) is 78.4 Å². The molecule has 1 atom stereocenters. The number of aryl methyl sites for hydroxylation is 2. The lowest BCUT2D eigenvalue weighted by Crippen LogP contribution is -2.29. The minimum atomic E-state index is -1.29. The summed E-state index contributed by atoms with van der Waals surface area (Å²) in [6.07, 6.45) is 0. The molecule has 0 saturated carbocycles. The van der Waals surface area contributed by atoms with Crippen LogP contribution in [-0.2, 0) is 16.2 Å². The van der Waals surface area contributed by atoms with E-state index in [2.05, 4.69) is 4.98 Å². The van der Waals surface area contributed by atoms with Crippen LogP contribution in [0.2, 0.25) is 0 Å². The van der Waals surface area contributed by atoms with E-state index in [-0.39, 0.29) is 27.6 Å². The quantitative estimate of drug-likeness (QED) is 0.124. The third-order valence-electron chi connectivity index (χ3n) is 6.74. The average Bonchev–Trinajstić information content (AvgIpc) is 3.45. The van der Waals surface area contributed by atoms with Gasteiger partial charge in [-0.1, -0.05) is 53.8 Å². The van der Waals surface area contributed by atoms with Gasteiger partial charge in [0.1, 0.15) is 30.0 Å². The van der Waals surface area contributed by atoms with E-state index in [4.69, 9.17) is 4.74 Å². The number of hydrogen-bond acceptors (Lipinski definition) is 7. The van der Waals surface area contributed by atoms with Crippen LogP contribution in [0.25, 0.3) is 5.76 Å². The second kappa shape index (κ2) is 10.9. The van der Waals surface area contributed by atoms with E-state index < -0.39 is 29.3 Å². The van der Waals surface area contributed by atoms with Gasteiger partial charge >= 0.3 is 5.91 Å². The fourth-order valence-corrected chi connectivity index (χ4v) is 5.62. The van der Waals surface area contributed by atoms with Crippen LogP contribution in [0, 0.1) is 19.7 Å². The lowest BCUT2D eigenvalue weighted by atomic mass is 9.95. The van der Waals surface area contributed by atoms with Gasteiger partial charge in [-0.05, 0) is 55.3 Å². The number of rotatable bonds is 7. The van der Waals surface area contributed by atoms with Crippen LogP contribution < -0.4 is 9.64 Å². The molecular weight excluding hydrogens is 531 g/mol. The minimum absolute atomic E-state index is 0.0127. The number of amides is 1. The molecule has 0 bridgehead atoms. The highest BCUT2D eigenvalue weighted by Gasteiger charge is 2.49. The normalized spacial score (nSPS) is 16.4. The lowest BCUT2D eigenvalue weighted by molar-refractivity contribution is -0.132. The van der Waals surface area contributed by atoms with Gasteiger partial charge in [-0.25, -0.2) is 9.37 Å². The number of anilines is 1. The molecule has 0 spiro atoms. The summed E-state index contributed by atoms with van der Waals surface area (Å²) in [5.41, 5.74) is 2.51. The zero-order valence-electron chi connectivity index (χ0n) is 22.0. The molecule has 202 valence electrons. The number of Topliss-reactive ketones (excluding diaryl/α,β-unsaturated/α-hetero) is 2. The second-order valence-electron chi connectivity index (χ2n) is 9.40. The Morgan fingerprint density at radius 2 is 1.70 bits per heavy atom. The molecule has 7 nitrogen and oxygen atoms in total. The number of halogens is 1. The molecule has 5 rings (SSSR count). The van der Waals surface area contributed by atoms with Crippen molar-refractivity contribution in [2.24, 2.45) is 0 Å². The lowest BCUT2D eigenvalue weighted by Gasteiger charge is -2.23. The summed E-state index contributed by atoms with van der Waals surface area (Å²) in [4.78, 5) is 44.4. The Morgan fingerprint density at radius 1 is 1.02 bits per heavy atom. The number of aliphatic hydroxyl groups is 1. The minimum Gasteiger partial charge on any atom is -0.507 e. The van der Waals surface area contributed by atoms with Crippen molar-refractivity contribution in [3.05, 3.63) is 117 Å². The highest BCUT2D eigenvalue weighted by Crippen LogP contribution is 2.44. The van der Waals surface area contributed by atoms with Gasteiger partial charge in [0.2, 0.25) is 0 Å². The highest BCUT2D eigenvalue weighted by atomic mass is 32.1. The molecule has 1 saturated heterocycles. The molecule has 1 aliphatic rings. The van der Waals surface area contributed by atoms with Crippen molar-refractivity contribution < 1.29 is 28.6 Å². The smallest absolute Gasteiger partial charge is 0.301 e. The Labute approximate surface area is 234 Å². The summed E-state index contributed by atoms with van der Waals surface area (Å²) < 4.78 is 21.0. The van der Waals surface area contributed by atoms with Gasteiger partial charge in [-0.3, -0.25) is 19.3 Å². The van der Waals surface area contributed by atoms with Crippen LogP contribution in [0.5, 0.6) is 5.75 Å². The van der Waals surface area contributed by atoms with Gasteiger partial charge in [0.25, 0.3) is 5.78 Å². The SMILES string of the molecule is CC(=O)c1sc(N2C(=O)C(=O)C(=C(O)c3ccc(OCc4ccccc4C)cc3)C2c2ccccc2F)nc1C. The van der Waals surface area contributed by atoms with Crippen molar-refractivity contribution in [3.63, 3.8) is 0 Å². The van der Waals surface area contributed by atoms with E-state index in [0.717, 1.165) is 27.4 Å². The number of aliphatic hydroxyl groups excluding tert-OH is 1. The Bertz CT molecular complexity index is 1680. The number of thiazole rings is 1. The zero-order valence-corrected chi connectivity index (χ0v) is 22.8. The summed E-state index contributed by atoms with van der Waals surface area (Å²) in [7, 11) is 0. The van der Waals surface area contributed by atoms with Crippen molar-refractivity contribution in [1.29, 1.82) is 0 Å². The second-order valence-corrected chi connectivity index (χ2v) is 10.4. The van der Waals surface area contributed by atoms with Crippen LogP contribution in [0.3, 0.4) is 0 Å². The predicted octanol–water partition coefficient (Wildman–Crippen LogP) is 6.31. The molecule has 9 heteroatoms. The fraction of sp³-hybridized carbons (Fsp3) is 0.161. The van der Waals surface area contributed by atoms with Crippen LogP contribution in [0.1, 0.15) is 50.6 Å². The average molecular weight is 557 g/mol. The molecule has 3 aromatic carbocycles. The van der Waals surface area contributed by atoms with Gasteiger partial charge < -0.3 is 9.84 Å². The molecule has 1 fully saturated rings. The molecule has 1 unspecified atom stereocenters. The molecule has 1 amide bonds. The van der Waals surface area contributed by atoms with E-state index >= 15 is 4.39 Å². The first kappa shape index (κ1) is 27.0. The van der Waals surface area contributed by atoms with E-state index in [1.165, 1.54) is 25.1 Å². The molecule has 1 N–H and O–H groups in total. The van der Waals surface area contributed by atoms with Gasteiger partial charge in [0.15, 0.2) is 10.9 Å². The first-order valence-corrected chi connectivity index (χ1v) is 13.3. The Kier molecular flexibility index (Phi) is 7.32. The summed E-state index contributed by atoms with van der Waals surface area (Å²) in [6, 6.07) is 18.7. The number of benzene rings is 3. The third-order valence-corrected chi connectivity index (χ3v) is 8.00. The van der Waals surface area contributed by atoms with Crippen molar-refractivity contribution in [2.45, 2.75) is 33.4 Å². The number of carbonyl (C=O) groups is 3. The van der Waals surface area contributed by atoms with Crippen LogP contribution >= 0.6 is 11.3 Å². The van der Waals surface area contributed by atoms with Gasteiger partial charge in [-0.2, -0.15) is 0 Å².